The normalized spacial score (nSPS) is 21.2. The second-order valence-corrected chi connectivity index (χ2v) is 7.33. The molecule has 2 aliphatic rings. The number of carbonyl (C=O) groups excluding carboxylic acids is 2. The van der Waals surface area contributed by atoms with Crippen LogP contribution < -0.4 is 0 Å². The third-order valence-corrected chi connectivity index (χ3v) is 5.01. The SMILES string of the molecule is CC1(Cc2ccc3c(c2)C(=O)N(CCCc2cccc(O)c2)C3=O)CO1. The molecule has 2 aromatic rings. The minimum atomic E-state index is -0.221. The molecule has 2 heterocycles. The Morgan fingerprint density at radius 1 is 1.08 bits per heavy atom. The van der Waals surface area contributed by atoms with E-state index in [1.807, 2.05) is 25.1 Å². The van der Waals surface area contributed by atoms with Gasteiger partial charge in [-0.2, -0.15) is 0 Å². The summed E-state index contributed by atoms with van der Waals surface area (Å²) in [6.45, 7) is 3.15. The lowest BCUT2D eigenvalue weighted by Gasteiger charge is -2.13. The zero-order chi connectivity index (χ0) is 18.3. The van der Waals surface area contributed by atoms with Gasteiger partial charge in [0.05, 0.1) is 23.3 Å². The fourth-order valence-electron chi connectivity index (χ4n) is 3.46. The van der Waals surface area contributed by atoms with Gasteiger partial charge < -0.3 is 9.84 Å². The first-order valence-corrected chi connectivity index (χ1v) is 8.86. The van der Waals surface area contributed by atoms with Crippen LogP contribution in [-0.4, -0.2) is 40.6 Å². The van der Waals surface area contributed by atoms with Crippen LogP contribution in [0, 0.1) is 0 Å². The maximum Gasteiger partial charge on any atom is 0.261 e. The number of benzene rings is 2. The van der Waals surface area contributed by atoms with Crippen molar-refractivity contribution in [2.75, 3.05) is 13.2 Å². The Hall–Kier alpha value is -2.66. The zero-order valence-corrected chi connectivity index (χ0v) is 14.7. The summed E-state index contributed by atoms with van der Waals surface area (Å²) in [7, 11) is 0. The highest BCUT2D eigenvalue weighted by Crippen LogP contribution is 2.32. The number of fused-ring (bicyclic) bond motifs is 1. The summed E-state index contributed by atoms with van der Waals surface area (Å²) >= 11 is 0. The largest absolute Gasteiger partial charge is 0.508 e. The standard InChI is InChI=1S/C21H21NO4/c1-21(13-26-21)12-15-7-8-17-18(11-15)20(25)22(19(17)24)9-3-5-14-4-2-6-16(23)10-14/h2,4,6-8,10-11,23H,3,5,9,12-13H2,1H3. The highest BCUT2D eigenvalue weighted by atomic mass is 16.6. The Kier molecular flexibility index (Phi) is 4.04. The van der Waals surface area contributed by atoms with E-state index in [2.05, 4.69) is 0 Å². The number of nitrogens with zero attached hydrogens (tertiary/aromatic N) is 1. The summed E-state index contributed by atoms with van der Waals surface area (Å²) in [5.41, 5.74) is 2.86. The van der Waals surface area contributed by atoms with Crippen LogP contribution in [0.3, 0.4) is 0 Å². The van der Waals surface area contributed by atoms with Crippen molar-refractivity contribution in [2.24, 2.45) is 0 Å². The van der Waals surface area contributed by atoms with Gasteiger partial charge in [0.1, 0.15) is 5.75 Å². The molecule has 134 valence electrons. The molecule has 2 aliphatic heterocycles. The number of phenolic OH excluding ortho intramolecular Hbond substituents is 1. The second-order valence-electron chi connectivity index (χ2n) is 7.33. The minimum Gasteiger partial charge on any atom is -0.508 e. The van der Waals surface area contributed by atoms with E-state index in [0.29, 0.717) is 30.5 Å². The molecule has 1 unspecified atom stereocenters. The summed E-state index contributed by atoms with van der Waals surface area (Å²) in [6.07, 6.45) is 2.11. The van der Waals surface area contributed by atoms with Gasteiger partial charge in [0.25, 0.3) is 11.8 Å². The molecular weight excluding hydrogens is 330 g/mol. The first kappa shape index (κ1) is 16.8. The van der Waals surface area contributed by atoms with Crippen molar-refractivity contribution in [2.45, 2.75) is 31.8 Å². The molecule has 1 saturated heterocycles. The van der Waals surface area contributed by atoms with Crippen LogP contribution in [0.25, 0.3) is 0 Å². The third kappa shape index (κ3) is 3.22. The lowest BCUT2D eigenvalue weighted by Crippen LogP contribution is -2.30. The quantitative estimate of drug-likeness (QED) is 0.642. The molecular formula is C21H21NO4. The van der Waals surface area contributed by atoms with Crippen LogP contribution in [0.5, 0.6) is 5.75 Å². The van der Waals surface area contributed by atoms with Gasteiger partial charge in [-0.1, -0.05) is 18.2 Å². The number of phenols is 1. The van der Waals surface area contributed by atoms with Crippen molar-refractivity contribution in [3.05, 3.63) is 64.7 Å². The zero-order valence-electron chi connectivity index (χ0n) is 14.7. The Labute approximate surface area is 152 Å². The van der Waals surface area contributed by atoms with Crippen molar-refractivity contribution >= 4 is 11.8 Å². The summed E-state index contributed by atoms with van der Waals surface area (Å²) in [5, 5.41) is 9.51. The highest BCUT2D eigenvalue weighted by molar-refractivity contribution is 6.21. The van der Waals surface area contributed by atoms with Crippen LogP contribution in [0.1, 0.15) is 45.2 Å². The predicted molar refractivity (Wildman–Crippen MR) is 96.3 cm³/mol. The third-order valence-electron chi connectivity index (χ3n) is 5.01. The van der Waals surface area contributed by atoms with Gasteiger partial charge in [-0.05, 0) is 55.2 Å². The molecule has 1 N–H and O–H groups in total. The van der Waals surface area contributed by atoms with Crippen LogP contribution in [-0.2, 0) is 17.6 Å². The van der Waals surface area contributed by atoms with E-state index in [1.165, 1.54) is 4.90 Å². The van der Waals surface area contributed by atoms with E-state index in [4.69, 9.17) is 4.74 Å². The molecule has 5 nitrogen and oxygen atoms in total. The number of aromatic hydroxyl groups is 1. The Balaban J connectivity index is 1.43. The van der Waals surface area contributed by atoms with Crippen molar-refractivity contribution in [1.82, 2.24) is 4.90 Å². The van der Waals surface area contributed by atoms with Gasteiger partial charge in [0.2, 0.25) is 0 Å². The number of hydrogen-bond donors (Lipinski definition) is 1. The summed E-state index contributed by atoms with van der Waals surface area (Å²) < 4.78 is 5.41. The van der Waals surface area contributed by atoms with Gasteiger partial charge in [0.15, 0.2) is 0 Å². The molecule has 1 fully saturated rings. The molecule has 0 bridgehead atoms. The number of hydrogen-bond acceptors (Lipinski definition) is 4. The van der Waals surface area contributed by atoms with E-state index in [0.717, 1.165) is 24.2 Å². The maximum atomic E-state index is 12.7. The Morgan fingerprint density at radius 2 is 1.85 bits per heavy atom. The van der Waals surface area contributed by atoms with E-state index in [9.17, 15) is 14.7 Å². The molecule has 2 amide bonds. The van der Waals surface area contributed by atoms with E-state index >= 15 is 0 Å². The van der Waals surface area contributed by atoms with Gasteiger partial charge >= 0.3 is 0 Å². The highest BCUT2D eigenvalue weighted by Gasteiger charge is 2.40. The van der Waals surface area contributed by atoms with Crippen molar-refractivity contribution in [3.8, 4) is 5.75 Å². The number of ether oxygens (including phenoxy) is 1. The summed E-state index contributed by atoms with van der Waals surface area (Å²) in [5.74, 6) is -0.213. The first-order valence-electron chi connectivity index (χ1n) is 8.86. The van der Waals surface area contributed by atoms with Crippen molar-refractivity contribution in [3.63, 3.8) is 0 Å². The average molecular weight is 351 g/mol. The second kappa shape index (κ2) is 6.25. The van der Waals surface area contributed by atoms with Crippen LogP contribution in [0.15, 0.2) is 42.5 Å². The molecule has 26 heavy (non-hydrogen) atoms. The van der Waals surface area contributed by atoms with Crippen LogP contribution >= 0.6 is 0 Å². The fourth-order valence-corrected chi connectivity index (χ4v) is 3.46. The molecule has 0 aliphatic carbocycles. The summed E-state index contributed by atoms with van der Waals surface area (Å²) in [6, 6.07) is 12.5. The average Bonchev–Trinajstić information content (AvgIpc) is 3.29. The van der Waals surface area contributed by atoms with Crippen LogP contribution in [0.2, 0.25) is 0 Å². The fraction of sp³-hybridized carbons (Fsp3) is 0.333. The number of aryl methyl sites for hydroxylation is 1. The smallest absolute Gasteiger partial charge is 0.261 e. The lowest BCUT2D eigenvalue weighted by molar-refractivity contribution is 0.0652. The number of rotatable bonds is 6. The molecule has 0 aromatic heterocycles. The number of epoxide rings is 1. The van der Waals surface area contributed by atoms with Gasteiger partial charge in [-0.3, -0.25) is 14.5 Å². The van der Waals surface area contributed by atoms with E-state index < -0.39 is 0 Å². The topological polar surface area (TPSA) is 70.1 Å². The van der Waals surface area contributed by atoms with E-state index in [1.54, 1.807) is 24.3 Å². The van der Waals surface area contributed by atoms with Crippen molar-refractivity contribution < 1.29 is 19.4 Å². The molecule has 2 aromatic carbocycles. The lowest BCUT2D eigenvalue weighted by atomic mass is 9.98. The van der Waals surface area contributed by atoms with Gasteiger partial charge in [-0.15, -0.1) is 0 Å². The number of amides is 2. The molecule has 0 saturated carbocycles. The number of imide groups is 1. The molecule has 4 rings (SSSR count). The van der Waals surface area contributed by atoms with Gasteiger partial charge in [0, 0.05) is 13.0 Å². The van der Waals surface area contributed by atoms with Gasteiger partial charge in [-0.25, -0.2) is 0 Å². The van der Waals surface area contributed by atoms with E-state index in [-0.39, 0.29) is 23.2 Å². The number of carbonyl (C=O) groups is 2. The Bertz CT molecular complexity index is 885. The summed E-state index contributed by atoms with van der Waals surface area (Å²) in [4.78, 5) is 26.5. The predicted octanol–water partition coefficient (Wildman–Crippen LogP) is 2.95. The molecule has 0 radical (unpaired) electrons. The Morgan fingerprint density at radius 3 is 2.58 bits per heavy atom. The molecule has 1 atom stereocenters. The first-order chi connectivity index (χ1) is 12.5. The van der Waals surface area contributed by atoms with Crippen LogP contribution in [0.4, 0.5) is 0 Å². The van der Waals surface area contributed by atoms with Crippen molar-refractivity contribution in [1.29, 1.82) is 0 Å². The monoisotopic (exact) mass is 351 g/mol. The molecule has 5 heteroatoms. The maximum absolute atomic E-state index is 12.7. The minimum absolute atomic E-state index is 0.124. The molecule has 0 spiro atoms.